The number of rotatable bonds is 5. The monoisotopic (exact) mass is 368 g/mol. The number of aromatic nitrogens is 2. The molecule has 6 nitrogen and oxygen atoms in total. The summed E-state index contributed by atoms with van der Waals surface area (Å²) in [6.07, 6.45) is 2.68. The van der Waals surface area contributed by atoms with E-state index in [9.17, 15) is 4.79 Å². The molecular weight excluding hydrogens is 348 g/mol. The molecule has 0 radical (unpaired) electrons. The maximum atomic E-state index is 11.6. The zero-order chi connectivity index (χ0) is 17.3. The van der Waals surface area contributed by atoms with Crippen LogP contribution in [-0.4, -0.2) is 41.0 Å². The highest BCUT2D eigenvalue weighted by Gasteiger charge is 2.31. The highest BCUT2D eigenvalue weighted by Crippen LogP contribution is 2.42. The maximum absolute atomic E-state index is 11.6. The summed E-state index contributed by atoms with van der Waals surface area (Å²) in [6, 6.07) is 0. The van der Waals surface area contributed by atoms with Crippen molar-refractivity contribution in [3.63, 3.8) is 0 Å². The van der Waals surface area contributed by atoms with Crippen LogP contribution in [0.15, 0.2) is 5.16 Å². The first-order chi connectivity index (χ1) is 11.4. The van der Waals surface area contributed by atoms with Crippen molar-refractivity contribution in [2.45, 2.75) is 44.6 Å². The second-order valence-corrected chi connectivity index (χ2v) is 7.88. The van der Waals surface area contributed by atoms with E-state index in [4.69, 9.17) is 14.2 Å². The number of carbonyl (C=O) groups is 1. The Balaban J connectivity index is 2.02. The molecule has 1 aliphatic heterocycles. The van der Waals surface area contributed by atoms with E-state index in [1.54, 1.807) is 18.3 Å². The lowest BCUT2D eigenvalue weighted by Gasteiger charge is -2.30. The van der Waals surface area contributed by atoms with Crippen LogP contribution in [0.4, 0.5) is 0 Å². The molecule has 0 saturated carbocycles. The van der Waals surface area contributed by atoms with Gasteiger partial charge in [0, 0.05) is 11.3 Å². The summed E-state index contributed by atoms with van der Waals surface area (Å²) in [5.41, 5.74) is 0.926. The second kappa shape index (κ2) is 6.85. The molecule has 0 unspecified atom stereocenters. The fourth-order valence-electron chi connectivity index (χ4n) is 2.62. The van der Waals surface area contributed by atoms with Crippen LogP contribution in [0, 0.1) is 0 Å². The Morgan fingerprint density at radius 2 is 2.21 bits per heavy atom. The summed E-state index contributed by atoms with van der Waals surface area (Å²) in [4.78, 5) is 22.7. The molecule has 0 aliphatic carbocycles. The number of carbonyl (C=O) groups excluding carboxylic acids is 1. The van der Waals surface area contributed by atoms with E-state index in [0.29, 0.717) is 24.3 Å². The summed E-state index contributed by atoms with van der Waals surface area (Å²) in [5, 5.41) is 1.52. The van der Waals surface area contributed by atoms with Gasteiger partial charge < -0.3 is 14.2 Å². The van der Waals surface area contributed by atoms with E-state index in [-0.39, 0.29) is 12.2 Å². The lowest BCUT2D eigenvalue weighted by molar-refractivity contribution is -0.145. The lowest BCUT2D eigenvalue weighted by Crippen LogP contribution is -2.31. The molecule has 3 rings (SSSR count). The lowest BCUT2D eigenvalue weighted by atomic mass is 9.94. The van der Waals surface area contributed by atoms with Gasteiger partial charge in [-0.05, 0) is 32.6 Å². The fourth-order valence-corrected chi connectivity index (χ4v) is 4.13. The highest BCUT2D eigenvalue weighted by atomic mass is 32.2. The van der Waals surface area contributed by atoms with Gasteiger partial charge in [0.25, 0.3) is 0 Å². The van der Waals surface area contributed by atoms with Crippen LogP contribution in [0.1, 0.15) is 31.2 Å². The SMILES string of the molecule is CCOC(=O)COc1nc(SC)nc2sc3c(c12)CC(C)(C)OC3. The predicted molar refractivity (Wildman–Crippen MR) is 93.9 cm³/mol. The Bertz CT molecular complexity index is 773. The van der Waals surface area contributed by atoms with Crippen LogP contribution in [-0.2, 0) is 27.3 Å². The van der Waals surface area contributed by atoms with Crippen molar-refractivity contribution >= 4 is 39.3 Å². The molecule has 0 N–H and O–H groups in total. The van der Waals surface area contributed by atoms with Gasteiger partial charge in [-0.1, -0.05) is 11.8 Å². The van der Waals surface area contributed by atoms with Crippen LogP contribution in [0.25, 0.3) is 10.2 Å². The summed E-state index contributed by atoms with van der Waals surface area (Å²) >= 11 is 3.05. The van der Waals surface area contributed by atoms with E-state index in [2.05, 4.69) is 23.8 Å². The number of nitrogens with zero attached hydrogens (tertiary/aromatic N) is 2. The third-order valence-corrected chi connectivity index (χ3v) is 5.34. The third kappa shape index (κ3) is 3.50. The molecule has 8 heteroatoms. The van der Waals surface area contributed by atoms with Gasteiger partial charge in [0.2, 0.25) is 5.88 Å². The summed E-state index contributed by atoms with van der Waals surface area (Å²) in [6.45, 7) is 6.64. The van der Waals surface area contributed by atoms with Crippen molar-refractivity contribution in [2.24, 2.45) is 0 Å². The van der Waals surface area contributed by atoms with Gasteiger partial charge in [0.05, 0.1) is 24.2 Å². The van der Waals surface area contributed by atoms with Gasteiger partial charge in [-0.3, -0.25) is 0 Å². The highest BCUT2D eigenvalue weighted by molar-refractivity contribution is 7.98. The number of hydrogen-bond donors (Lipinski definition) is 0. The first kappa shape index (κ1) is 17.4. The Morgan fingerprint density at radius 3 is 2.92 bits per heavy atom. The third-order valence-electron chi connectivity index (χ3n) is 3.69. The number of fused-ring (bicyclic) bond motifs is 3. The molecule has 0 bridgehead atoms. The Morgan fingerprint density at radius 1 is 1.42 bits per heavy atom. The van der Waals surface area contributed by atoms with Crippen molar-refractivity contribution < 1.29 is 19.0 Å². The van der Waals surface area contributed by atoms with Crippen LogP contribution in [0.3, 0.4) is 0 Å². The van der Waals surface area contributed by atoms with E-state index < -0.39 is 5.97 Å². The number of thiophene rings is 1. The number of thioether (sulfide) groups is 1. The number of esters is 1. The van der Waals surface area contributed by atoms with Crippen molar-refractivity contribution in [3.05, 3.63) is 10.4 Å². The van der Waals surface area contributed by atoms with Gasteiger partial charge in [-0.25, -0.2) is 9.78 Å². The molecule has 0 atom stereocenters. The van der Waals surface area contributed by atoms with Crippen molar-refractivity contribution in [1.82, 2.24) is 9.97 Å². The minimum atomic E-state index is -0.400. The maximum Gasteiger partial charge on any atom is 0.344 e. The van der Waals surface area contributed by atoms with E-state index in [1.165, 1.54) is 11.8 Å². The second-order valence-electron chi connectivity index (χ2n) is 6.02. The van der Waals surface area contributed by atoms with Crippen molar-refractivity contribution in [1.29, 1.82) is 0 Å². The van der Waals surface area contributed by atoms with Gasteiger partial charge in [0.1, 0.15) is 4.83 Å². The average molecular weight is 368 g/mol. The largest absolute Gasteiger partial charge is 0.465 e. The van der Waals surface area contributed by atoms with Crippen LogP contribution in [0.2, 0.25) is 0 Å². The predicted octanol–water partition coefficient (Wildman–Crippen LogP) is 3.21. The zero-order valence-corrected chi connectivity index (χ0v) is 15.8. The van der Waals surface area contributed by atoms with E-state index in [1.807, 2.05) is 6.26 Å². The molecule has 0 aromatic carbocycles. The summed E-state index contributed by atoms with van der Waals surface area (Å²) in [7, 11) is 0. The molecule has 24 heavy (non-hydrogen) atoms. The Hall–Kier alpha value is -1.38. The zero-order valence-electron chi connectivity index (χ0n) is 14.2. The smallest absolute Gasteiger partial charge is 0.344 e. The van der Waals surface area contributed by atoms with Gasteiger partial charge in [-0.2, -0.15) is 4.98 Å². The summed E-state index contributed by atoms with van der Waals surface area (Å²) < 4.78 is 16.5. The van der Waals surface area contributed by atoms with Gasteiger partial charge >= 0.3 is 5.97 Å². The van der Waals surface area contributed by atoms with Crippen LogP contribution >= 0.6 is 23.1 Å². The Kier molecular flexibility index (Phi) is 4.98. The summed E-state index contributed by atoms with van der Waals surface area (Å²) in [5.74, 6) is 0.0512. The fraction of sp³-hybridized carbons (Fsp3) is 0.562. The van der Waals surface area contributed by atoms with Gasteiger partial charge in [0.15, 0.2) is 11.8 Å². The standard InChI is InChI=1S/C16H20N2O4S2/c1-5-20-11(19)8-21-13-12-9-6-16(2,3)22-7-10(9)24-14(12)18-15(17-13)23-4/h5-8H2,1-4H3. The number of hydrogen-bond acceptors (Lipinski definition) is 8. The van der Waals surface area contributed by atoms with Crippen molar-refractivity contribution in [3.8, 4) is 5.88 Å². The molecule has 2 aromatic heterocycles. The molecule has 130 valence electrons. The molecule has 0 saturated heterocycles. The molecule has 0 fully saturated rings. The first-order valence-corrected chi connectivity index (χ1v) is 9.76. The van der Waals surface area contributed by atoms with Gasteiger partial charge in [-0.15, -0.1) is 11.3 Å². The van der Waals surface area contributed by atoms with Crippen molar-refractivity contribution in [2.75, 3.05) is 19.5 Å². The molecule has 3 heterocycles. The first-order valence-electron chi connectivity index (χ1n) is 7.72. The topological polar surface area (TPSA) is 70.5 Å². The van der Waals surface area contributed by atoms with E-state index >= 15 is 0 Å². The van der Waals surface area contributed by atoms with Crippen LogP contribution < -0.4 is 4.74 Å². The van der Waals surface area contributed by atoms with Crippen LogP contribution in [0.5, 0.6) is 5.88 Å². The Labute approximate surface area is 148 Å². The average Bonchev–Trinajstić information content (AvgIpc) is 2.89. The normalized spacial score (nSPS) is 16.0. The molecule has 2 aromatic rings. The molecule has 1 aliphatic rings. The molecular formula is C16H20N2O4S2. The minimum absolute atomic E-state index is 0.154. The minimum Gasteiger partial charge on any atom is -0.465 e. The van der Waals surface area contributed by atoms with E-state index in [0.717, 1.165) is 27.1 Å². The molecule has 0 spiro atoms. The quantitative estimate of drug-likeness (QED) is 0.456. The number of ether oxygens (including phenoxy) is 3. The molecule has 0 amide bonds.